The molecule has 2 aromatic rings. The van der Waals surface area contributed by atoms with Crippen LogP contribution in [0.1, 0.15) is 139 Å². The lowest BCUT2D eigenvalue weighted by atomic mass is 9.33. The van der Waals surface area contributed by atoms with Crippen LogP contribution in [0, 0.1) is 56.6 Å². The number of carboxylic acids is 1. The van der Waals surface area contributed by atoms with Gasteiger partial charge in [0.1, 0.15) is 16.9 Å². The lowest BCUT2D eigenvalue weighted by molar-refractivity contribution is -0.229. The quantitative estimate of drug-likeness (QED) is 0.184. The van der Waals surface area contributed by atoms with Crippen molar-refractivity contribution in [2.45, 2.75) is 151 Å². The zero-order chi connectivity index (χ0) is 41.0. The average molecular weight is 793 g/mol. The van der Waals surface area contributed by atoms with Crippen LogP contribution in [-0.4, -0.2) is 33.1 Å². The summed E-state index contributed by atoms with van der Waals surface area (Å²) >= 11 is 7.28. The van der Waals surface area contributed by atoms with Crippen LogP contribution in [0.2, 0.25) is 5.02 Å². The van der Waals surface area contributed by atoms with Crippen LogP contribution in [0.25, 0.3) is 5.69 Å². The van der Waals surface area contributed by atoms with E-state index < -0.39 is 11.4 Å². The number of ether oxygens (including phenoxy) is 1. The molecule has 7 nitrogen and oxygen atoms in total. The smallest absolute Gasteiger partial charge is 0.309 e. The summed E-state index contributed by atoms with van der Waals surface area (Å²) in [6, 6.07) is 6.10. The van der Waals surface area contributed by atoms with Gasteiger partial charge in [-0.25, -0.2) is 9.07 Å². The van der Waals surface area contributed by atoms with E-state index in [1.54, 1.807) is 41.8 Å². The van der Waals surface area contributed by atoms with E-state index in [-0.39, 0.29) is 49.6 Å². The zero-order valence-electron chi connectivity index (χ0n) is 35.5. The molecule has 0 aliphatic heterocycles. The number of hydrogen-bond acceptors (Lipinski definition) is 4. The molecule has 4 unspecified atom stereocenters. The highest BCUT2D eigenvalue weighted by Gasteiger charge is 2.70. The van der Waals surface area contributed by atoms with Crippen LogP contribution in [0.5, 0.6) is 0 Å². The molecule has 0 bridgehead atoms. The lowest BCUT2D eigenvalue weighted by Crippen LogP contribution is -2.66. The number of nitrogens with zero attached hydrogens (tertiary/aromatic N) is 2. The Balaban J connectivity index is 1.25. The van der Waals surface area contributed by atoms with Gasteiger partial charge in [-0.3, -0.25) is 14.3 Å². The maximum Gasteiger partial charge on any atom is 0.309 e. The Labute approximate surface area is 339 Å². The summed E-state index contributed by atoms with van der Waals surface area (Å²) in [5.41, 5.74) is 9.56. The van der Waals surface area contributed by atoms with E-state index in [9.17, 15) is 19.1 Å². The molecular weight excluding hydrogens is 725 g/mol. The number of halogens is 2. The normalized spacial score (nSPS) is 35.1. The molecule has 1 aromatic carbocycles. The highest BCUT2D eigenvalue weighted by Crippen LogP contribution is 2.77. The van der Waals surface area contributed by atoms with Gasteiger partial charge in [0.25, 0.3) is 5.56 Å². The number of nitrogens with two attached hydrogens (primary N) is 1. The summed E-state index contributed by atoms with van der Waals surface area (Å²) in [5, 5.41) is 10.0. The Morgan fingerprint density at radius 2 is 1.68 bits per heavy atom. The van der Waals surface area contributed by atoms with Gasteiger partial charge in [-0.15, -0.1) is 0 Å². The van der Waals surface area contributed by atoms with E-state index in [1.807, 2.05) is 4.68 Å². The predicted molar refractivity (Wildman–Crippen MR) is 222 cm³/mol. The molecule has 4 saturated carbocycles. The van der Waals surface area contributed by atoms with Gasteiger partial charge < -0.3 is 15.6 Å². The number of benzene rings is 1. The summed E-state index contributed by atoms with van der Waals surface area (Å²) in [5.74, 6) is 1.18. The molecule has 5 aliphatic rings. The van der Waals surface area contributed by atoms with E-state index in [2.05, 4.69) is 55.0 Å². The van der Waals surface area contributed by atoms with Crippen molar-refractivity contribution < 1.29 is 19.0 Å². The molecule has 0 spiro atoms. The molecule has 1 heterocycles. The number of rotatable bonds is 10. The minimum atomic E-state index is -0.924. The largest absolute Gasteiger partial charge is 0.495 e. The number of carbonyl (C=O) groups is 1. The number of allylic oxidation sites excluding steroid dienone is 3. The van der Waals surface area contributed by atoms with Crippen molar-refractivity contribution in [2.75, 3.05) is 6.54 Å². The summed E-state index contributed by atoms with van der Waals surface area (Å²) in [4.78, 5) is 26.1. The highest BCUT2D eigenvalue weighted by atomic mass is 35.5. The van der Waals surface area contributed by atoms with Crippen molar-refractivity contribution in [1.82, 2.24) is 9.36 Å². The summed E-state index contributed by atoms with van der Waals surface area (Å²) in [6.45, 7) is 25.8. The molecule has 0 radical (unpaired) electrons. The molecule has 0 amide bonds. The van der Waals surface area contributed by atoms with Crippen LogP contribution in [0.3, 0.4) is 0 Å². The second-order valence-corrected chi connectivity index (χ2v) is 21.2. The van der Waals surface area contributed by atoms with Crippen LogP contribution < -0.4 is 11.3 Å². The van der Waals surface area contributed by atoms with Crippen molar-refractivity contribution in [3.63, 3.8) is 0 Å². The summed E-state index contributed by atoms with van der Waals surface area (Å²) in [6.07, 6.45) is 10.8. The maximum atomic E-state index is 14.2. The first kappa shape index (κ1) is 41.3. The minimum Gasteiger partial charge on any atom is -0.495 e. The second-order valence-electron chi connectivity index (χ2n) is 20.8. The van der Waals surface area contributed by atoms with Gasteiger partial charge >= 0.3 is 5.97 Å². The molecular formula is C47H67ClFN3O4. The van der Waals surface area contributed by atoms with Crippen molar-refractivity contribution in [1.29, 1.82) is 0 Å². The van der Waals surface area contributed by atoms with Crippen molar-refractivity contribution in [3.05, 3.63) is 74.6 Å². The van der Waals surface area contributed by atoms with E-state index in [0.717, 1.165) is 69.9 Å². The molecule has 0 saturated heterocycles. The minimum absolute atomic E-state index is 0.000389. The molecule has 9 heteroatoms. The van der Waals surface area contributed by atoms with E-state index in [4.69, 9.17) is 22.1 Å². The maximum absolute atomic E-state index is 14.2. The first-order chi connectivity index (χ1) is 26.1. The zero-order valence-corrected chi connectivity index (χ0v) is 36.3. The average Bonchev–Trinajstić information content (AvgIpc) is 3.62. The van der Waals surface area contributed by atoms with Crippen molar-refractivity contribution in [2.24, 2.45) is 56.5 Å². The molecule has 8 atom stereocenters. The Hall–Kier alpha value is -2.84. The number of fused-ring (bicyclic) bond motifs is 7. The van der Waals surface area contributed by atoms with Gasteiger partial charge in [-0.2, -0.15) is 0 Å². The fraction of sp³-hybridized carbons (Fsp3) is 0.702. The number of aromatic nitrogens is 2. The van der Waals surface area contributed by atoms with Crippen molar-refractivity contribution >= 4 is 17.6 Å². The van der Waals surface area contributed by atoms with E-state index >= 15 is 0 Å². The van der Waals surface area contributed by atoms with Gasteiger partial charge in [-0.1, -0.05) is 77.8 Å². The number of aliphatic carboxylic acids is 1. The SMILES string of the molecule is C=C(CC(C)(C)C(=O)O)OC1CCC2(C)[C@H]3CCC4C5=C(C(C)C)CC[C@]5(c5c(Cl)c(=O)n(-c6ccc(F)cc6)n5CCN)CC[C@@]4(C)C3(C)CC[C@H]2C1(C)C. The molecule has 4 fully saturated rings. The molecule has 7 rings (SSSR count). The molecule has 5 aliphatic carbocycles. The van der Waals surface area contributed by atoms with Crippen LogP contribution in [0.15, 0.2) is 52.5 Å². The van der Waals surface area contributed by atoms with Gasteiger partial charge in [-0.05, 0) is 142 Å². The fourth-order valence-electron chi connectivity index (χ4n) is 14.2. The Morgan fingerprint density at radius 3 is 2.30 bits per heavy atom. The summed E-state index contributed by atoms with van der Waals surface area (Å²) < 4.78 is 24.4. The third-order valence-corrected chi connectivity index (χ3v) is 17.4. The van der Waals surface area contributed by atoms with Crippen LogP contribution in [0.4, 0.5) is 4.39 Å². The third-order valence-electron chi connectivity index (χ3n) is 17.1. The fourth-order valence-corrected chi connectivity index (χ4v) is 14.5. The van der Waals surface area contributed by atoms with E-state index in [1.165, 1.54) is 12.1 Å². The standard InChI is InChI=1S/C47H67ClFN3O4/c1-28(2)32-17-22-47(39-38(48)40(53)52(51(39)26-25-50)31-13-11-30(49)12-14-31)24-23-45(9)33(37(32)47)15-16-35-44(8)20-19-36(56-29(3)27-42(4,5)41(54)55)43(6,7)34(44)18-21-46(35,45)10/h11-14,28,33-36H,3,15-27,50H2,1-2,4-10H3,(H,54,55)/t33?,34-,35+,36?,44?,45+,46?,47-/m0/s1. The molecule has 3 N–H and O–H groups in total. The first-order valence-electron chi connectivity index (χ1n) is 21.4. The topological polar surface area (TPSA) is 99.5 Å². The summed E-state index contributed by atoms with van der Waals surface area (Å²) in [7, 11) is 0. The lowest BCUT2D eigenvalue weighted by Gasteiger charge is -2.72. The highest BCUT2D eigenvalue weighted by molar-refractivity contribution is 6.31. The monoisotopic (exact) mass is 791 g/mol. The van der Waals surface area contributed by atoms with Gasteiger partial charge in [0.05, 0.1) is 29.1 Å². The Kier molecular flexibility index (Phi) is 10.2. The Bertz CT molecular complexity index is 1990. The van der Waals surface area contributed by atoms with Crippen LogP contribution in [-0.2, 0) is 21.5 Å². The van der Waals surface area contributed by atoms with Gasteiger partial charge in [0.15, 0.2) is 0 Å². The predicted octanol–water partition coefficient (Wildman–Crippen LogP) is 10.8. The second kappa shape index (κ2) is 13.9. The molecule has 56 heavy (non-hydrogen) atoms. The van der Waals surface area contributed by atoms with E-state index in [0.29, 0.717) is 54.6 Å². The third kappa shape index (κ3) is 5.86. The van der Waals surface area contributed by atoms with Crippen LogP contribution >= 0.6 is 11.6 Å². The van der Waals surface area contributed by atoms with Crippen molar-refractivity contribution in [3.8, 4) is 5.69 Å². The Morgan fingerprint density at radius 1 is 1.00 bits per heavy atom. The van der Waals surface area contributed by atoms with Gasteiger partial charge in [0.2, 0.25) is 0 Å². The number of carboxylic acid groups (broad SMARTS) is 1. The molecule has 1 aromatic heterocycles. The molecule has 308 valence electrons. The number of hydrogen-bond donors (Lipinski definition) is 2. The van der Waals surface area contributed by atoms with Gasteiger partial charge in [0, 0.05) is 23.8 Å². The first-order valence-corrected chi connectivity index (χ1v) is 21.8.